The van der Waals surface area contributed by atoms with E-state index in [9.17, 15) is 20.2 Å². The fraction of sp³-hybridized carbons (Fsp3) is 0.263. The van der Waals surface area contributed by atoms with Gasteiger partial charge in [-0.15, -0.1) is 6.58 Å². The number of nitro benzene ring substituents is 2. The maximum absolute atomic E-state index is 10.0. The second-order valence-electron chi connectivity index (χ2n) is 3.91. The molecule has 7 nitrogen and oxygen atoms in total. The van der Waals surface area contributed by atoms with Gasteiger partial charge in [0.15, 0.2) is 0 Å². The van der Waals surface area contributed by atoms with Crippen LogP contribution in [0, 0.1) is 20.2 Å². The fourth-order valence-corrected chi connectivity index (χ4v) is 1.10. The predicted molar refractivity (Wildman–Crippen MR) is 106 cm³/mol. The van der Waals surface area contributed by atoms with Gasteiger partial charge in [0.05, 0.1) is 9.85 Å². The minimum Gasteiger partial charge on any atom is -0.397 e. The zero-order chi connectivity index (χ0) is 20.8. The van der Waals surface area contributed by atoms with Crippen LogP contribution < -0.4 is 0 Å². The quantitative estimate of drug-likeness (QED) is 0.436. The topological polar surface area (TPSA) is 107 Å². The molecule has 2 aromatic rings. The maximum atomic E-state index is 10.0. The lowest BCUT2D eigenvalue weighted by Crippen LogP contribution is -1.84. The van der Waals surface area contributed by atoms with E-state index in [1.807, 2.05) is 20.8 Å². The van der Waals surface area contributed by atoms with Gasteiger partial charge in [-0.25, -0.2) is 0 Å². The number of nitrogens with zero attached hydrogens (tertiary/aromatic N) is 2. The largest absolute Gasteiger partial charge is 0.397 e. The number of non-ortho nitro benzene ring substituents is 2. The van der Waals surface area contributed by atoms with E-state index in [4.69, 9.17) is 5.11 Å². The van der Waals surface area contributed by atoms with Crippen LogP contribution in [0.2, 0.25) is 0 Å². The van der Waals surface area contributed by atoms with Gasteiger partial charge in [0, 0.05) is 30.9 Å². The molecule has 0 aromatic heterocycles. The van der Waals surface area contributed by atoms with Crippen molar-refractivity contribution in [3.05, 3.63) is 93.5 Å². The Labute approximate surface area is 154 Å². The van der Waals surface area contributed by atoms with Crippen LogP contribution in [0.4, 0.5) is 11.4 Å². The molecule has 0 heterocycles. The first kappa shape index (κ1) is 27.8. The van der Waals surface area contributed by atoms with Crippen molar-refractivity contribution in [1.82, 2.24) is 0 Å². The van der Waals surface area contributed by atoms with Gasteiger partial charge in [0.2, 0.25) is 0 Å². The Morgan fingerprint density at radius 2 is 1.08 bits per heavy atom. The second kappa shape index (κ2) is 21.9. The third kappa shape index (κ3) is 19.0. The molecular weight excluding hydrogens is 336 g/mol. The van der Waals surface area contributed by atoms with Crippen LogP contribution in [-0.2, 0) is 0 Å². The van der Waals surface area contributed by atoms with E-state index in [0.717, 1.165) is 0 Å². The number of aliphatic hydroxyl groups is 1. The van der Waals surface area contributed by atoms with Crippen molar-refractivity contribution >= 4 is 11.4 Å². The van der Waals surface area contributed by atoms with E-state index >= 15 is 0 Å². The monoisotopic (exact) mass is 364 g/mol. The van der Waals surface area contributed by atoms with Crippen LogP contribution >= 0.6 is 0 Å². The average molecular weight is 364 g/mol. The number of benzene rings is 2. The summed E-state index contributed by atoms with van der Waals surface area (Å²) in [5, 5.41) is 27.6. The smallest absolute Gasteiger partial charge is 0.269 e. The normalized spacial score (nSPS) is 7.58. The summed E-state index contributed by atoms with van der Waals surface area (Å²) in [6.45, 7) is 11.2. The molecule has 7 heteroatoms. The van der Waals surface area contributed by atoms with Crippen LogP contribution in [-0.4, -0.2) is 21.6 Å². The molecule has 0 atom stereocenters. The summed E-state index contributed by atoms with van der Waals surface area (Å²) in [6, 6.07) is 15.9. The first-order chi connectivity index (χ1) is 12.4. The standard InChI is InChI=1S/2C6H5NO2.C3H6.C2H6O.C2H6/c2*8-7(9)6-4-2-1-3-5-6;1-3-2;1-2-3;1-2/h2*1-5H;3H,1H2,2H3;3H,2H2,1H3;1-2H3. The molecule has 0 aliphatic heterocycles. The predicted octanol–water partition coefficient (Wildman–Crippen LogP) is 5.41. The summed E-state index contributed by atoms with van der Waals surface area (Å²) in [5.74, 6) is 0. The number of hydrogen-bond donors (Lipinski definition) is 1. The molecule has 0 unspecified atom stereocenters. The second-order valence-corrected chi connectivity index (χ2v) is 3.91. The van der Waals surface area contributed by atoms with Gasteiger partial charge >= 0.3 is 0 Å². The lowest BCUT2D eigenvalue weighted by Gasteiger charge is -1.85. The fourth-order valence-electron chi connectivity index (χ4n) is 1.10. The maximum Gasteiger partial charge on any atom is 0.269 e. The van der Waals surface area contributed by atoms with Crippen molar-refractivity contribution in [1.29, 1.82) is 0 Å². The zero-order valence-corrected chi connectivity index (χ0v) is 15.7. The first-order valence-electron chi connectivity index (χ1n) is 8.01. The Kier molecular flexibility index (Phi) is 23.4. The molecule has 2 aromatic carbocycles. The molecule has 0 saturated carbocycles. The molecule has 2 rings (SSSR count). The van der Waals surface area contributed by atoms with E-state index in [2.05, 4.69) is 6.58 Å². The number of para-hydroxylation sites is 2. The highest BCUT2D eigenvalue weighted by atomic mass is 16.6. The molecule has 1 N–H and O–H groups in total. The van der Waals surface area contributed by atoms with Crippen molar-refractivity contribution < 1.29 is 15.0 Å². The summed E-state index contributed by atoms with van der Waals surface area (Å²) < 4.78 is 0. The highest BCUT2D eigenvalue weighted by Crippen LogP contribution is 2.07. The number of allylic oxidation sites excluding steroid dienone is 1. The zero-order valence-electron chi connectivity index (χ0n) is 15.7. The van der Waals surface area contributed by atoms with Crippen molar-refractivity contribution in [3.8, 4) is 0 Å². The number of nitro groups is 2. The van der Waals surface area contributed by atoms with Gasteiger partial charge < -0.3 is 5.11 Å². The molecule has 0 spiro atoms. The number of rotatable bonds is 2. The lowest BCUT2D eigenvalue weighted by atomic mass is 10.3. The molecule has 0 aliphatic rings. The van der Waals surface area contributed by atoms with E-state index < -0.39 is 9.85 Å². The molecule has 0 aliphatic carbocycles. The van der Waals surface area contributed by atoms with Gasteiger partial charge in [-0.05, 0) is 13.8 Å². The van der Waals surface area contributed by atoms with Crippen molar-refractivity contribution in [3.63, 3.8) is 0 Å². The van der Waals surface area contributed by atoms with Crippen LogP contribution in [0.1, 0.15) is 27.7 Å². The molecule has 0 saturated heterocycles. The van der Waals surface area contributed by atoms with E-state index in [-0.39, 0.29) is 18.0 Å². The third-order valence-corrected chi connectivity index (χ3v) is 1.93. The van der Waals surface area contributed by atoms with Crippen molar-refractivity contribution in [2.75, 3.05) is 6.61 Å². The third-order valence-electron chi connectivity index (χ3n) is 1.93. The first-order valence-corrected chi connectivity index (χ1v) is 8.01. The Balaban J connectivity index is -0.000000293. The summed E-state index contributed by atoms with van der Waals surface area (Å²) in [5.41, 5.74) is 0.273. The van der Waals surface area contributed by atoms with E-state index in [1.165, 1.54) is 24.3 Å². The highest BCUT2D eigenvalue weighted by Gasteiger charge is 1.99. The molecule has 0 bridgehead atoms. The molecular formula is C19H28N2O5. The van der Waals surface area contributed by atoms with Gasteiger partial charge in [-0.1, -0.05) is 56.3 Å². The summed E-state index contributed by atoms with van der Waals surface area (Å²) >= 11 is 0. The number of aliphatic hydroxyl groups excluding tert-OH is 1. The van der Waals surface area contributed by atoms with Gasteiger partial charge in [-0.2, -0.15) is 0 Å². The SMILES string of the molecule is C=CC.CC.CCO.O=[N+]([O-])c1ccccc1.O=[N+]([O-])c1ccccc1. The molecule has 0 fully saturated rings. The Bertz CT molecular complexity index is 525. The lowest BCUT2D eigenvalue weighted by molar-refractivity contribution is -0.385. The number of hydrogen-bond acceptors (Lipinski definition) is 5. The van der Waals surface area contributed by atoms with Crippen LogP contribution in [0.3, 0.4) is 0 Å². The van der Waals surface area contributed by atoms with Gasteiger partial charge in [0.1, 0.15) is 0 Å². The summed E-state index contributed by atoms with van der Waals surface area (Å²) in [4.78, 5) is 19.2. The van der Waals surface area contributed by atoms with Crippen molar-refractivity contribution in [2.45, 2.75) is 27.7 Å². The Hall–Kier alpha value is -3.06. The molecule has 0 radical (unpaired) electrons. The van der Waals surface area contributed by atoms with Crippen LogP contribution in [0.25, 0.3) is 0 Å². The molecule has 0 amide bonds. The minimum absolute atomic E-state index is 0.137. The van der Waals surface area contributed by atoms with Crippen molar-refractivity contribution in [2.24, 2.45) is 0 Å². The Morgan fingerprint density at radius 1 is 0.885 bits per heavy atom. The minimum atomic E-state index is -0.417. The van der Waals surface area contributed by atoms with E-state index in [1.54, 1.807) is 49.4 Å². The van der Waals surface area contributed by atoms with Gasteiger partial charge in [-0.3, -0.25) is 20.2 Å². The summed E-state index contributed by atoms with van der Waals surface area (Å²) in [6.07, 6.45) is 1.75. The molecule has 26 heavy (non-hydrogen) atoms. The van der Waals surface area contributed by atoms with Crippen LogP contribution in [0.15, 0.2) is 73.3 Å². The van der Waals surface area contributed by atoms with E-state index in [0.29, 0.717) is 0 Å². The van der Waals surface area contributed by atoms with Crippen LogP contribution in [0.5, 0.6) is 0 Å². The van der Waals surface area contributed by atoms with Gasteiger partial charge in [0.25, 0.3) is 11.4 Å². The highest BCUT2D eigenvalue weighted by molar-refractivity contribution is 5.28. The molecule has 144 valence electrons. The summed E-state index contributed by atoms with van der Waals surface area (Å²) in [7, 11) is 0. The Morgan fingerprint density at radius 3 is 1.19 bits per heavy atom. The average Bonchev–Trinajstić information content (AvgIpc) is 2.66.